The van der Waals surface area contributed by atoms with Crippen LogP contribution in [0.25, 0.3) is 0 Å². The van der Waals surface area contributed by atoms with Crippen molar-refractivity contribution in [3.63, 3.8) is 0 Å². The van der Waals surface area contributed by atoms with Crippen molar-refractivity contribution >= 4 is 5.69 Å². The van der Waals surface area contributed by atoms with Crippen molar-refractivity contribution in [3.8, 4) is 0 Å². The molecule has 0 saturated carbocycles. The third-order valence-corrected chi connectivity index (χ3v) is 4.93. The topological polar surface area (TPSA) is 19.4 Å². The van der Waals surface area contributed by atoms with Crippen LogP contribution in [0.2, 0.25) is 0 Å². The summed E-state index contributed by atoms with van der Waals surface area (Å²) >= 11 is 0. The number of fused-ring (bicyclic) bond motifs is 1. The molecule has 0 amide bonds. The van der Waals surface area contributed by atoms with Crippen molar-refractivity contribution in [3.05, 3.63) is 59.9 Å². The normalized spacial score (nSPS) is 20.7. The summed E-state index contributed by atoms with van der Waals surface area (Å²) < 4.78 is 0. The van der Waals surface area contributed by atoms with E-state index in [1.165, 1.54) is 16.9 Å². The summed E-state index contributed by atoms with van der Waals surface area (Å²) in [6.07, 6.45) is 1.92. The van der Waals surface area contributed by atoms with Gasteiger partial charge in [0.1, 0.15) is 0 Å². The molecular weight excluding hydrogens is 270 g/mol. The predicted octanol–water partition coefficient (Wildman–Crippen LogP) is 3.06. The molecule has 0 atom stereocenters. The molecule has 0 N–H and O–H groups in total. The molecule has 22 heavy (non-hydrogen) atoms. The zero-order chi connectivity index (χ0) is 15.2. The lowest BCUT2D eigenvalue weighted by Crippen LogP contribution is -2.59. The van der Waals surface area contributed by atoms with Crippen molar-refractivity contribution in [2.75, 3.05) is 24.5 Å². The van der Waals surface area contributed by atoms with Gasteiger partial charge in [0.25, 0.3) is 0 Å². The summed E-state index contributed by atoms with van der Waals surface area (Å²) in [5.74, 6) is 0. The Labute approximate surface area is 132 Å². The van der Waals surface area contributed by atoms with Crippen LogP contribution in [0.5, 0.6) is 0 Å². The molecule has 4 rings (SSSR count). The van der Waals surface area contributed by atoms with Crippen LogP contribution in [0.15, 0.2) is 48.7 Å². The van der Waals surface area contributed by atoms with Gasteiger partial charge in [-0.1, -0.05) is 44.2 Å². The highest BCUT2D eigenvalue weighted by Gasteiger charge is 2.42. The average Bonchev–Trinajstić information content (AvgIpc) is 2.76. The summed E-state index contributed by atoms with van der Waals surface area (Å²) in [7, 11) is 0. The predicted molar refractivity (Wildman–Crippen MR) is 90.1 cm³/mol. The molecule has 1 aromatic carbocycles. The van der Waals surface area contributed by atoms with Gasteiger partial charge in [-0.05, 0) is 17.7 Å². The minimum Gasteiger partial charge on any atom is -0.364 e. The van der Waals surface area contributed by atoms with Gasteiger partial charge in [-0.25, -0.2) is 0 Å². The number of hydrogen-bond acceptors (Lipinski definition) is 3. The van der Waals surface area contributed by atoms with Gasteiger partial charge < -0.3 is 4.90 Å². The van der Waals surface area contributed by atoms with Gasteiger partial charge in [0, 0.05) is 37.8 Å². The first-order valence-corrected chi connectivity index (χ1v) is 8.12. The number of nitrogens with zero attached hydrogens (tertiary/aromatic N) is 3. The van der Waals surface area contributed by atoms with Gasteiger partial charge in [0.05, 0.1) is 17.4 Å². The highest BCUT2D eigenvalue weighted by Crippen LogP contribution is 2.41. The number of likely N-dealkylation sites (tertiary alicyclic amines) is 1. The fourth-order valence-corrected chi connectivity index (χ4v) is 3.77. The first kappa shape index (κ1) is 13.8. The second-order valence-corrected chi connectivity index (χ2v) is 7.22. The standard InChI is InChI=1S/C19H23N3/c1-19(2)14-22(17-9-6-10-20-18(17)19)16-12-21(13-16)11-15-7-4-3-5-8-15/h3-10,16H,11-14H2,1-2H3. The fourth-order valence-electron chi connectivity index (χ4n) is 3.77. The van der Waals surface area contributed by atoms with Crippen molar-refractivity contribution < 1.29 is 0 Å². The maximum atomic E-state index is 4.63. The fraction of sp³-hybridized carbons (Fsp3) is 0.421. The van der Waals surface area contributed by atoms with Gasteiger partial charge in [-0.15, -0.1) is 0 Å². The van der Waals surface area contributed by atoms with Crippen molar-refractivity contribution in [1.82, 2.24) is 9.88 Å². The molecule has 114 valence electrons. The lowest BCUT2D eigenvalue weighted by Gasteiger charge is -2.45. The van der Waals surface area contributed by atoms with Crippen molar-refractivity contribution in [2.24, 2.45) is 0 Å². The highest BCUT2D eigenvalue weighted by molar-refractivity contribution is 5.60. The second kappa shape index (κ2) is 5.10. The molecule has 2 aromatic rings. The third-order valence-electron chi connectivity index (χ3n) is 4.93. The van der Waals surface area contributed by atoms with E-state index in [0.29, 0.717) is 6.04 Å². The number of benzene rings is 1. The maximum absolute atomic E-state index is 4.63. The Morgan fingerprint density at radius 3 is 2.64 bits per heavy atom. The van der Waals surface area contributed by atoms with E-state index in [9.17, 15) is 0 Å². The van der Waals surface area contributed by atoms with Crippen LogP contribution in [0.1, 0.15) is 25.1 Å². The SMILES string of the molecule is CC1(C)CN(C2CN(Cc3ccccc3)C2)c2cccnc21. The molecule has 2 aliphatic rings. The molecule has 0 bridgehead atoms. The molecule has 0 aliphatic carbocycles. The number of pyridine rings is 1. The average molecular weight is 293 g/mol. The van der Waals surface area contributed by atoms with E-state index in [4.69, 9.17) is 0 Å². The van der Waals surface area contributed by atoms with Crippen LogP contribution < -0.4 is 4.90 Å². The lowest BCUT2D eigenvalue weighted by molar-refractivity contribution is 0.135. The lowest BCUT2D eigenvalue weighted by atomic mass is 9.91. The number of aromatic nitrogens is 1. The summed E-state index contributed by atoms with van der Waals surface area (Å²) in [6.45, 7) is 9.06. The molecule has 1 saturated heterocycles. The molecule has 1 fully saturated rings. The van der Waals surface area contributed by atoms with Gasteiger partial charge in [-0.2, -0.15) is 0 Å². The monoisotopic (exact) mass is 293 g/mol. The Bertz CT molecular complexity index is 659. The second-order valence-electron chi connectivity index (χ2n) is 7.22. The zero-order valence-corrected chi connectivity index (χ0v) is 13.4. The highest BCUT2D eigenvalue weighted by atomic mass is 15.3. The molecule has 2 aliphatic heterocycles. The quantitative estimate of drug-likeness (QED) is 0.867. The Morgan fingerprint density at radius 2 is 1.86 bits per heavy atom. The minimum atomic E-state index is 0.163. The van der Waals surface area contributed by atoms with E-state index >= 15 is 0 Å². The Kier molecular flexibility index (Phi) is 3.19. The molecule has 0 radical (unpaired) electrons. The third kappa shape index (κ3) is 2.30. The van der Waals surface area contributed by atoms with E-state index in [1.54, 1.807) is 0 Å². The van der Waals surface area contributed by atoms with Crippen LogP contribution in [0.4, 0.5) is 5.69 Å². The maximum Gasteiger partial charge on any atom is 0.0710 e. The minimum absolute atomic E-state index is 0.163. The molecule has 0 spiro atoms. The van der Waals surface area contributed by atoms with E-state index in [0.717, 1.165) is 26.2 Å². The first-order valence-electron chi connectivity index (χ1n) is 8.12. The van der Waals surface area contributed by atoms with Crippen LogP contribution in [0.3, 0.4) is 0 Å². The molecule has 0 unspecified atom stereocenters. The molecule has 3 heteroatoms. The van der Waals surface area contributed by atoms with Crippen LogP contribution in [0, 0.1) is 0 Å². The summed E-state index contributed by atoms with van der Waals surface area (Å²) in [6, 6.07) is 15.7. The van der Waals surface area contributed by atoms with Crippen molar-refractivity contribution in [2.45, 2.75) is 31.8 Å². The Morgan fingerprint density at radius 1 is 1.09 bits per heavy atom. The zero-order valence-electron chi connectivity index (χ0n) is 13.4. The number of rotatable bonds is 3. The number of anilines is 1. The number of hydrogen-bond donors (Lipinski definition) is 0. The first-order chi connectivity index (χ1) is 10.6. The summed E-state index contributed by atoms with van der Waals surface area (Å²) in [5.41, 5.74) is 4.18. The van der Waals surface area contributed by atoms with Gasteiger partial charge >= 0.3 is 0 Å². The Hall–Kier alpha value is -1.87. The molecular formula is C19H23N3. The van der Waals surface area contributed by atoms with Crippen LogP contribution in [-0.2, 0) is 12.0 Å². The van der Waals surface area contributed by atoms with Gasteiger partial charge in [-0.3, -0.25) is 9.88 Å². The largest absolute Gasteiger partial charge is 0.364 e. The summed E-state index contributed by atoms with van der Waals surface area (Å²) in [5, 5.41) is 0. The van der Waals surface area contributed by atoms with E-state index < -0.39 is 0 Å². The molecule has 3 nitrogen and oxygen atoms in total. The van der Waals surface area contributed by atoms with Crippen molar-refractivity contribution in [1.29, 1.82) is 0 Å². The smallest absolute Gasteiger partial charge is 0.0710 e. The van der Waals surface area contributed by atoms with E-state index in [2.05, 4.69) is 71.1 Å². The van der Waals surface area contributed by atoms with Gasteiger partial charge in [0.15, 0.2) is 0 Å². The summed E-state index contributed by atoms with van der Waals surface area (Å²) in [4.78, 5) is 9.74. The van der Waals surface area contributed by atoms with E-state index in [-0.39, 0.29) is 5.41 Å². The van der Waals surface area contributed by atoms with Gasteiger partial charge in [0.2, 0.25) is 0 Å². The van der Waals surface area contributed by atoms with E-state index in [1.807, 2.05) is 6.20 Å². The Balaban J connectivity index is 1.44. The van der Waals surface area contributed by atoms with Crippen LogP contribution >= 0.6 is 0 Å². The molecule has 3 heterocycles. The van der Waals surface area contributed by atoms with Crippen LogP contribution in [-0.4, -0.2) is 35.6 Å². The molecule has 1 aromatic heterocycles.